The molecule has 22 heavy (non-hydrogen) atoms. The van der Waals surface area contributed by atoms with Gasteiger partial charge >= 0.3 is 0 Å². The number of nitrogens with two attached hydrogens (primary N) is 1. The fourth-order valence-electron chi connectivity index (χ4n) is 3.93. The summed E-state index contributed by atoms with van der Waals surface area (Å²) in [6.45, 7) is 2.19. The lowest BCUT2D eigenvalue weighted by Crippen LogP contribution is -1.93. The van der Waals surface area contributed by atoms with Crippen molar-refractivity contribution in [3.05, 3.63) is 66.2 Å². The van der Waals surface area contributed by atoms with Crippen LogP contribution in [-0.2, 0) is 0 Å². The van der Waals surface area contributed by atoms with Crippen molar-refractivity contribution in [1.29, 1.82) is 0 Å². The van der Waals surface area contributed by atoms with Crippen LogP contribution in [0.1, 0.15) is 5.56 Å². The van der Waals surface area contributed by atoms with Gasteiger partial charge in [-0.05, 0) is 56.3 Å². The SMILES string of the molecule is Cc1ccc2ccc(N)c3c4cccc5cccc(c1c23)c54. The maximum absolute atomic E-state index is 6.38. The van der Waals surface area contributed by atoms with Gasteiger partial charge in [-0.2, -0.15) is 0 Å². The molecule has 1 nitrogen and oxygen atoms in total. The summed E-state index contributed by atoms with van der Waals surface area (Å²) in [6, 6.07) is 21.6. The molecular formula is C21H15N. The van der Waals surface area contributed by atoms with E-state index in [0.717, 1.165) is 5.69 Å². The van der Waals surface area contributed by atoms with Gasteiger partial charge in [0.25, 0.3) is 0 Å². The summed E-state index contributed by atoms with van der Waals surface area (Å²) >= 11 is 0. The van der Waals surface area contributed by atoms with Crippen molar-refractivity contribution >= 4 is 48.8 Å². The summed E-state index contributed by atoms with van der Waals surface area (Å²) < 4.78 is 0. The van der Waals surface area contributed by atoms with Gasteiger partial charge in [0, 0.05) is 11.1 Å². The molecule has 5 aromatic rings. The molecule has 0 fully saturated rings. The van der Waals surface area contributed by atoms with Crippen LogP contribution in [0.15, 0.2) is 60.7 Å². The van der Waals surface area contributed by atoms with Gasteiger partial charge in [0.1, 0.15) is 0 Å². The van der Waals surface area contributed by atoms with E-state index >= 15 is 0 Å². The summed E-state index contributed by atoms with van der Waals surface area (Å²) in [4.78, 5) is 0. The Kier molecular flexibility index (Phi) is 2.09. The lowest BCUT2D eigenvalue weighted by Gasteiger charge is -2.17. The average Bonchev–Trinajstić information content (AvgIpc) is 2.54. The van der Waals surface area contributed by atoms with Gasteiger partial charge in [-0.3, -0.25) is 0 Å². The van der Waals surface area contributed by atoms with Crippen LogP contribution in [0.25, 0.3) is 43.1 Å². The van der Waals surface area contributed by atoms with Gasteiger partial charge < -0.3 is 5.73 Å². The number of hydrogen-bond donors (Lipinski definition) is 1. The molecule has 0 atom stereocenters. The zero-order valence-electron chi connectivity index (χ0n) is 12.4. The molecule has 0 aromatic heterocycles. The second kappa shape index (κ2) is 3.89. The molecule has 5 aromatic carbocycles. The van der Waals surface area contributed by atoms with E-state index in [0.29, 0.717) is 0 Å². The molecule has 2 N–H and O–H groups in total. The quantitative estimate of drug-likeness (QED) is 0.222. The minimum absolute atomic E-state index is 0.862. The number of anilines is 1. The highest BCUT2D eigenvalue weighted by Crippen LogP contribution is 2.43. The minimum atomic E-state index is 0.862. The predicted molar refractivity (Wildman–Crippen MR) is 96.8 cm³/mol. The maximum Gasteiger partial charge on any atom is 0.0400 e. The molecule has 0 aliphatic heterocycles. The van der Waals surface area contributed by atoms with Crippen LogP contribution in [-0.4, -0.2) is 0 Å². The summed E-state index contributed by atoms with van der Waals surface area (Å²) in [6.07, 6.45) is 0. The third kappa shape index (κ3) is 1.29. The summed E-state index contributed by atoms with van der Waals surface area (Å²) in [5.41, 5.74) is 8.55. The molecule has 0 bridgehead atoms. The van der Waals surface area contributed by atoms with E-state index in [1.54, 1.807) is 0 Å². The van der Waals surface area contributed by atoms with Crippen LogP contribution in [0.5, 0.6) is 0 Å². The third-order valence-electron chi connectivity index (χ3n) is 4.87. The Balaban J connectivity index is 2.34. The van der Waals surface area contributed by atoms with Crippen molar-refractivity contribution in [3.8, 4) is 0 Å². The summed E-state index contributed by atoms with van der Waals surface area (Å²) in [5, 5.41) is 10.3. The van der Waals surface area contributed by atoms with E-state index in [4.69, 9.17) is 5.73 Å². The van der Waals surface area contributed by atoms with Crippen LogP contribution >= 0.6 is 0 Å². The second-order valence-electron chi connectivity index (χ2n) is 6.09. The number of aryl methyl sites for hydroxylation is 1. The Labute approximate surface area is 128 Å². The zero-order chi connectivity index (χ0) is 14.8. The van der Waals surface area contributed by atoms with Crippen LogP contribution in [0.4, 0.5) is 5.69 Å². The normalized spacial score (nSPS) is 12.0. The largest absolute Gasteiger partial charge is 0.398 e. The highest BCUT2D eigenvalue weighted by Gasteiger charge is 2.15. The smallest absolute Gasteiger partial charge is 0.0400 e. The molecule has 1 heteroatoms. The van der Waals surface area contributed by atoms with Crippen molar-refractivity contribution in [2.75, 3.05) is 5.73 Å². The predicted octanol–water partition coefficient (Wildman–Crippen LogP) is 5.63. The Bertz CT molecular complexity index is 1100. The molecule has 5 rings (SSSR count). The van der Waals surface area contributed by atoms with Crippen LogP contribution < -0.4 is 5.73 Å². The van der Waals surface area contributed by atoms with E-state index < -0.39 is 0 Å². The van der Waals surface area contributed by atoms with Crippen molar-refractivity contribution in [2.45, 2.75) is 6.92 Å². The van der Waals surface area contributed by atoms with Crippen molar-refractivity contribution in [1.82, 2.24) is 0 Å². The molecule has 0 saturated heterocycles. The molecule has 0 aliphatic carbocycles. The molecular weight excluding hydrogens is 266 g/mol. The maximum atomic E-state index is 6.38. The lowest BCUT2D eigenvalue weighted by atomic mass is 9.87. The standard InChI is InChI=1S/C21H15N/c1-12-8-9-14-10-11-17(22)21-16-7-3-5-13-4-2-6-15(19(13)16)18(12)20(14)21/h2-11H,22H2,1H3. The molecule has 0 aliphatic rings. The van der Waals surface area contributed by atoms with Gasteiger partial charge in [-0.1, -0.05) is 54.6 Å². The first-order chi connectivity index (χ1) is 10.8. The zero-order valence-corrected chi connectivity index (χ0v) is 12.4. The average molecular weight is 281 g/mol. The van der Waals surface area contributed by atoms with Crippen LogP contribution in [0, 0.1) is 6.92 Å². The third-order valence-corrected chi connectivity index (χ3v) is 4.87. The molecule has 0 heterocycles. The van der Waals surface area contributed by atoms with E-state index in [-0.39, 0.29) is 0 Å². The van der Waals surface area contributed by atoms with E-state index in [9.17, 15) is 0 Å². The van der Waals surface area contributed by atoms with Crippen molar-refractivity contribution in [2.24, 2.45) is 0 Å². The minimum Gasteiger partial charge on any atom is -0.398 e. The number of nitrogen functional groups attached to an aromatic ring is 1. The topological polar surface area (TPSA) is 26.0 Å². The first-order valence-corrected chi connectivity index (χ1v) is 7.60. The van der Waals surface area contributed by atoms with Gasteiger partial charge in [0.2, 0.25) is 0 Å². The second-order valence-corrected chi connectivity index (χ2v) is 6.09. The lowest BCUT2D eigenvalue weighted by molar-refractivity contribution is 1.56. The fraction of sp³-hybridized carbons (Fsp3) is 0.0476. The molecule has 0 saturated carbocycles. The summed E-state index contributed by atoms with van der Waals surface area (Å²) in [5.74, 6) is 0. The monoisotopic (exact) mass is 281 g/mol. The number of hydrogen-bond acceptors (Lipinski definition) is 1. The first kappa shape index (κ1) is 11.8. The van der Waals surface area contributed by atoms with E-state index in [1.165, 1.54) is 48.7 Å². The Morgan fingerprint density at radius 1 is 0.591 bits per heavy atom. The number of rotatable bonds is 0. The molecule has 0 unspecified atom stereocenters. The molecule has 0 spiro atoms. The number of benzene rings is 5. The van der Waals surface area contributed by atoms with Crippen molar-refractivity contribution in [3.63, 3.8) is 0 Å². The summed E-state index contributed by atoms with van der Waals surface area (Å²) in [7, 11) is 0. The van der Waals surface area contributed by atoms with Gasteiger partial charge in [-0.25, -0.2) is 0 Å². The fourth-order valence-corrected chi connectivity index (χ4v) is 3.93. The number of fused-ring (bicyclic) bond motifs is 2. The molecule has 0 radical (unpaired) electrons. The Morgan fingerprint density at radius 3 is 2.00 bits per heavy atom. The van der Waals surface area contributed by atoms with Gasteiger partial charge in [-0.15, -0.1) is 0 Å². The van der Waals surface area contributed by atoms with Gasteiger partial charge in [0.15, 0.2) is 0 Å². The highest BCUT2D eigenvalue weighted by atomic mass is 14.6. The van der Waals surface area contributed by atoms with E-state index in [1.807, 2.05) is 6.07 Å². The first-order valence-electron chi connectivity index (χ1n) is 7.60. The van der Waals surface area contributed by atoms with Gasteiger partial charge in [0.05, 0.1) is 0 Å². The van der Waals surface area contributed by atoms with Crippen LogP contribution in [0.2, 0.25) is 0 Å². The Morgan fingerprint density at radius 2 is 1.23 bits per heavy atom. The molecule has 104 valence electrons. The highest BCUT2D eigenvalue weighted by molar-refractivity contribution is 6.35. The Hall–Kier alpha value is -2.80. The van der Waals surface area contributed by atoms with Crippen LogP contribution in [0.3, 0.4) is 0 Å². The van der Waals surface area contributed by atoms with E-state index in [2.05, 4.69) is 61.5 Å². The molecule has 0 amide bonds. The van der Waals surface area contributed by atoms with Crippen molar-refractivity contribution < 1.29 is 0 Å².